The number of nitrogens with two attached hydrogens (primary N) is 1. The van der Waals surface area contributed by atoms with E-state index in [-0.39, 0.29) is 6.15 Å². The summed E-state index contributed by atoms with van der Waals surface area (Å²) in [4.78, 5) is 4.01. The molecule has 0 aliphatic heterocycles. The number of hydrogen-bond acceptors (Lipinski definition) is 3. The first kappa shape index (κ1) is 13.2. The highest BCUT2D eigenvalue weighted by Gasteiger charge is 1.98. The van der Waals surface area contributed by atoms with Crippen molar-refractivity contribution in [2.24, 2.45) is 0 Å². The van der Waals surface area contributed by atoms with Crippen LogP contribution in [-0.4, -0.2) is 4.98 Å². The van der Waals surface area contributed by atoms with Crippen molar-refractivity contribution in [1.82, 2.24) is 11.1 Å². The number of anilines is 1. The molecule has 0 unspecified atom stereocenters. The molecule has 0 amide bonds. The van der Waals surface area contributed by atoms with Gasteiger partial charge in [-0.2, -0.15) is 0 Å². The van der Waals surface area contributed by atoms with Gasteiger partial charge in [-0.3, -0.25) is 4.98 Å². The Morgan fingerprint density at radius 3 is 2.29 bits per heavy atom. The third-order valence-electron chi connectivity index (χ3n) is 2.79. The fourth-order valence-corrected chi connectivity index (χ4v) is 1.73. The van der Waals surface area contributed by atoms with Crippen LogP contribution in [0, 0.1) is 6.92 Å². The molecule has 3 heteroatoms. The van der Waals surface area contributed by atoms with Gasteiger partial charge in [-0.25, -0.2) is 0 Å². The lowest BCUT2D eigenvalue weighted by Gasteiger charge is -2.05. The fourth-order valence-electron chi connectivity index (χ4n) is 1.73. The van der Waals surface area contributed by atoms with E-state index in [2.05, 4.69) is 29.2 Å². The Hall–Kier alpha value is -1.87. The van der Waals surface area contributed by atoms with Crippen LogP contribution in [0.3, 0.4) is 0 Å². The third kappa shape index (κ3) is 3.57. The van der Waals surface area contributed by atoms with Gasteiger partial charge in [-0.15, -0.1) is 0 Å². The molecule has 0 radical (unpaired) electrons. The van der Waals surface area contributed by atoms with Crippen molar-refractivity contribution in [1.29, 1.82) is 0 Å². The Morgan fingerprint density at radius 2 is 1.65 bits per heavy atom. The average Bonchev–Trinajstić information content (AvgIpc) is 2.32. The van der Waals surface area contributed by atoms with Crippen LogP contribution in [0.4, 0.5) is 5.69 Å². The summed E-state index contributed by atoms with van der Waals surface area (Å²) in [5.74, 6) is 0. The number of aromatic nitrogens is 1. The van der Waals surface area contributed by atoms with E-state index in [1.165, 1.54) is 11.1 Å². The van der Waals surface area contributed by atoms with Crippen LogP contribution in [0.1, 0.15) is 16.7 Å². The van der Waals surface area contributed by atoms with Gasteiger partial charge in [0.05, 0.1) is 0 Å². The molecule has 1 aromatic carbocycles. The minimum absolute atomic E-state index is 0. The number of benzene rings is 1. The Kier molecular flexibility index (Phi) is 4.67. The summed E-state index contributed by atoms with van der Waals surface area (Å²) in [6.45, 7) is 2.05. The van der Waals surface area contributed by atoms with E-state index in [4.69, 9.17) is 5.73 Å². The number of pyridine rings is 1. The molecule has 2 aromatic rings. The Morgan fingerprint density at radius 1 is 1.00 bits per heavy atom. The van der Waals surface area contributed by atoms with Crippen molar-refractivity contribution in [2.75, 3.05) is 5.73 Å². The minimum atomic E-state index is 0. The van der Waals surface area contributed by atoms with Gasteiger partial charge in [0.25, 0.3) is 0 Å². The van der Waals surface area contributed by atoms with E-state index >= 15 is 0 Å². The second-order valence-corrected chi connectivity index (χ2v) is 4.05. The van der Waals surface area contributed by atoms with E-state index in [0.29, 0.717) is 0 Å². The number of nitrogen functional groups attached to an aromatic ring is 1. The van der Waals surface area contributed by atoms with Crippen LogP contribution in [0.5, 0.6) is 0 Å². The van der Waals surface area contributed by atoms with Crippen molar-refractivity contribution < 1.29 is 0 Å². The van der Waals surface area contributed by atoms with Gasteiger partial charge in [0.15, 0.2) is 0 Å². The first-order valence-corrected chi connectivity index (χ1v) is 5.49. The van der Waals surface area contributed by atoms with E-state index in [1.807, 2.05) is 25.4 Å². The molecule has 1 aromatic heterocycles. The van der Waals surface area contributed by atoms with Crippen LogP contribution < -0.4 is 11.9 Å². The van der Waals surface area contributed by atoms with Crippen molar-refractivity contribution in [2.45, 2.75) is 19.8 Å². The smallest absolute Gasteiger partial charge is 0.0343 e. The summed E-state index contributed by atoms with van der Waals surface area (Å²) in [6.07, 6.45) is 5.77. The first-order chi connectivity index (χ1) is 7.75. The Bertz CT molecular complexity index is 466. The van der Waals surface area contributed by atoms with Gasteiger partial charge in [-0.1, -0.05) is 12.1 Å². The zero-order valence-corrected chi connectivity index (χ0v) is 10.2. The van der Waals surface area contributed by atoms with Crippen LogP contribution >= 0.6 is 0 Å². The minimum Gasteiger partial charge on any atom is -0.399 e. The molecule has 90 valence electrons. The van der Waals surface area contributed by atoms with Crippen molar-refractivity contribution in [3.8, 4) is 0 Å². The lowest BCUT2D eigenvalue weighted by molar-refractivity contribution is 0.954. The van der Waals surface area contributed by atoms with Crippen LogP contribution in [0.15, 0.2) is 42.7 Å². The highest BCUT2D eigenvalue weighted by atomic mass is 14.6. The zero-order chi connectivity index (χ0) is 11.4. The quantitative estimate of drug-likeness (QED) is 0.795. The van der Waals surface area contributed by atoms with Crippen LogP contribution in [0.25, 0.3) is 0 Å². The molecular weight excluding hydrogens is 210 g/mol. The average molecular weight is 229 g/mol. The summed E-state index contributed by atoms with van der Waals surface area (Å²) in [6, 6.07) is 10.4. The standard InChI is InChI=1S/C14H16N2.H3N/c1-11-10-13(4-5-14(11)15)3-2-12-6-8-16-9-7-12;/h4-10H,2-3,15H2,1H3;1H3. The van der Waals surface area contributed by atoms with E-state index in [9.17, 15) is 0 Å². The molecule has 0 saturated carbocycles. The Labute approximate surface area is 102 Å². The van der Waals surface area contributed by atoms with E-state index in [1.54, 1.807) is 0 Å². The largest absolute Gasteiger partial charge is 0.399 e. The molecule has 0 saturated heterocycles. The maximum Gasteiger partial charge on any atom is 0.0343 e. The molecule has 0 aliphatic carbocycles. The van der Waals surface area contributed by atoms with Crippen molar-refractivity contribution >= 4 is 5.69 Å². The molecule has 0 bridgehead atoms. The lowest BCUT2D eigenvalue weighted by atomic mass is 10.0. The molecule has 0 aliphatic rings. The van der Waals surface area contributed by atoms with Gasteiger partial charge in [0.2, 0.25) is 0 Å². The highest BCUT2D eigenvalue weighted by Crippen LogP contribution is 2.14. The second kappa shape index (κ2) is 6.01. The number of hydrogen-bond donors (Lipinski definition) is 2. The first-order valence-electron chi connectivity index (χ1n) is 5.49. The predicted octanol–water partition coefficient (Wildman–Crippen LogP) is 2.92. The monoisotopic (exact) mass is 229 g/mol. The second-order valence-electron chi connectivity index (χ2n) is 4.05. The number of aryl methyl sites for hydroxylation is 3. The van der Waals surface area contributed by atoms with Crippen LogP contribution in [-0.2, 0) is 12.8 Å². The summed E-state index contributed by atoms with van der Waals surface area (Å²) < 4.78 is 0. The van der Waals surface area contributed by atoms with Gasteiger partial charge in [0.1, 0.15) is 0 Å². The zero-order valence-electron chi connectivity index (χ0n) is 10.2. The number of nitrogens with zero attached hydrogens (tertiary/aromatic N) is 1. The van der Waals surface area contributed by atoms with E-state index in [0.717, 1.165) is 24.1 Å². The molecule has 1 heterocycles. The lowest BCUT2D eigenvalue weighted by Crippen LogP contribution is -1.94. The molecule has 2 rings (SSSR count). The molecular formula is C14H19N3. The summed E-state index contributed by atoms with van der Waals surface area (Å²) in [7, 11) is 0. The molecule has 5 N–H and O–H groups in total. The molecule has 3 nitrogen and oxygen atoms in total. The van der Waals surface area contributed by atoms with Gasteiger partial charge >= 0.3 is 0 Å². The summed E-state index contributed by atoms with van der Waals surface area (Å²) >= 11 is 0. The molecule has 0 spiro atoms. The maximum absolute atomic E-state index is 5.79. The van der Waals surface area contributed by atoms with Gasteiger partial charge in [-0.05, 0) is 54.7 Å². The number of rotatable bonds is 3. The van der Waals surface area contributed by atoms with E-state index < -0.39 is 0 Å². The molecule has 0 atom stereocenters. The Balaban J connectivity index is 0.00000144. The van der Waals surface area contributed by atoms with Gasteiger partial charge in [0, 0.05) is 18.1 Å². The predicted molar refractivity (Wildman–Crippen MR) is 72.3 cm³/mol. The highest BCUT2D eigenvalue weighted by molar-refractivity contribution is 5.47. The van der Waals surface area contributed by atoms with Crippen molar-refractivity contribution in [3.05, 3.63) is 59.4 Å². The maximum atomic E-state index is 5.79. The SMILES string of the molecule is Cc1cc(CCc2ccncc2)ccc1N.N. The summed E-state index contributed by atoms with van der Waals surface area (Å²) in [5.41, 5.74) is 10.5. The summed E-state index contributed by atoms with van der Waals surface area (Å²) in [5, 5.41) is 0. The fraction of sp³-hybridized carbons (Fsp3) is 0.214. The molecule has 0 fully saturated rings. The van der Waals surface area contributed by atoms with Crippen molar-refractivity contribution in [3.63, 3.8) is 0 Å². The third-order valence-corrected chi connectivity index (χ3v) is 2.79. The van der Waals surface area contributed by atoms with Crippen LogP contribution in [0.2, 0.25) is 0 Å². The topological polar surface area (TPSA) is 73.9 Å². The normalized spacial score (nSPS) is 9.71. The van der Waals surface area contributed by atoms with Gasteiger partial charge < -0.3 is 11.9 Å². The molecule has 17 heavy (non-hydrogen) atoms.